The first-order valence-electron chi connectivity index (χ1n) is 7.42. The highest BCUT2D eigenvalue weighted by atomic mass is 79.9. The fraction of sp³-hybridized carbons (Fsp3) is 0.500. The summed E-state index contributed by atoms with van der Waals surface area (Å²) in [5, 5.41) is 3.14. The van der Waals surface area contributed by atoms with Gasteiger partial charge in [-0.3, -0.25) is 0 Å². The largest absolute Gasteiger partial charge is 0.462 e. The molecule has 0 saturated heterocycles. The number of rotatable bonds is 8. The van der Waals surface area contributed by atoms with Gasteiger partial charge in [0.2, 0.25) is 0 Å². The Balaban J connectivity index is 2.71. The molecule has 1 unspecified atom stereocenters. The Morgan fingerprint density at radius 3 is 2.39 bits per heavy atom. The zero-order valence-corrected chi connectivity index (χ0v) is 15.1. The molecule has 7 heteroatoms. The summed E-state index contributed by atoms with van der Waals surface area (Å²) in [6.45, 7) is 4.04. The first kappa shape index (κ1) is 19.4. The Morgan fingerprint density at radius 1 is 1.30 bits per heavy atom. The van der Waals surface area contributed by atoms with E-state index in [9.17, 15) is 9.59 Å². The van der Waals surface area contributed by atoms with E-state index in [1.807, 2.05) is 12.2 Å². The van der Waals surface area contributed by atoms with Crippen molar-refractivity contribution in [1.29, 1.82) is 0 Å². The summed E-state index contributed by atoms with van der Waals surface area (Å²) < 4.78 is 15.9. The number of allylic oxidation sites excluding steroid dienone is 1. The van der Waals surface area contributed by atoms with Crippen LogP contribution in [-0.2, 0) is 23.8 Å². The molecule has 0 fully saturated rings. The molecule has 0 saturated carbocycles. The Hall–Kier alpha value is -1.60. The van der Waals surface area contributed by atoms with Crippen molar-refractivity contribution < 1.29 is 23.8 Å². The quantitative estimate of drug-likeness (QED) is 0.298. The lowest BCUT2D eigenvalue weighted by molar-refractivity contribution is -0.146. The molecule has 1 N–H and O–H groups in total. The summed E-state index contributed by atoms with van der Waals surface area (Å²) in [5.41, 5.74) is 0.772. The maximum absolute atomic E-state index is 11.8. The molecule has 23 heavy (non-hydrogen) atoms. The van der Waals surface area contributed by atoms with Gasteiger partial charge in [0.15, 0.2) is 0 Å². The smallest absolute Gasteiger partial charge is 0.345 e. The van der Waals surface area contributed by atoms with Gasteiger partial charge in [-0.1, -0.05) is 6.08 Å². The summed E-state index contributed by atoms with van der Waals surface area (Å²) in [7, 11) is 1.65. The molecule has 1 aliphatic carbocycles. The lowest BCUT2D eigenvalue weighted by Gasteiger charge is -2.18. The summed E-state index contributed by atoms with van der Waals surface area (Å²) in [6.07, 6.45) is 6.20. The van der Waals surface area contributed by atoms with Gasteiger partial charge in [0, 0.05) is 23.8 Å². The standard InChI is InChI=1S/C16H22BrNO5/c1-4-22-15(19)12(16(20)23-5-2)8-9-18-14-7-6-11(21-3)10-13(14)17/h7-8,10-11,18H,4-6,9H2,1-3H3. The maximum atomic E-state index is 11.8. The van der Waals surface area contributed by atoms with E-state index in [-0.39, 0.29) is 24.9 Å². The molecular weight excluding hydrogens is 366 g/mol. The number of hydrogen-bond donors (Lipinski definition) is 1. The van der Waals surface area contributed by atoms with Crippen LogP contribution in [0.15, 0.2) is 34.0 Å². The number of carbonyl (C=O) groups is 2. The van der Waals surface area contributed by atoms with Gasteiger partial charge in [-0.05, 0) is 48.4 Å². The Morgan fingerprint density at radius 2 is 1.91 bits per heavy atom. The Bertz CT molecular complexity index is 505. The summed E-state index contributed by atoms with van der Waals surface area (Å²) in [4.78, 5) is 23.6. The fourth-order valence-electron chi connectivity index (χ4n) is 1.90. The highest BCUT2D eigenvalue weighted by Gasteiger charge is 2.20. The van der Waals surface area contributed by atoms with Gasteiger partial charge in [-0.15, -0.1) is 0 Å². The molecule has 0 aromatic heterocycles. The summed E-state index contributed by atoms with van der Waals surface area (Å²) >= 11 is 3.46. The van der Waals surface area contributed by atoms with Gasteiger partial charge in [0.1, 0.15) is 5.57 Å². The van der Waals surface area contributed by atoms with Crippen LogP contribution in [0.2, 0.25) is 0 Å². The molecular formula is C16H22BrNO5. The average Bonchev–Trinajstić information content (AvgIpc) is 2.53. The minimum absolute atomic E-state index is 0.0418. The van der Waals surface area contributed by atoms with Gasteiger partial charge >= 0.3 is 11.9 Å². The van der Waals surface area contributed by atoms with E-state index >= 15 is 0 Å². The van der Waals surface area contributed by atoms with Crippen molar-refractivity contribution in [3.63, 3.8) is 0 Å². The second-order valence-electron chi connectivity index (χ2n) is 4.58. The molecule has 0 aromatic rings. The number of nitrogens with one attached hydrogen (secondary N) is 1. The van der Waals surface area contributed by atoms with Crippen LogP contribution in [0, 0.1) is 0 Å². The predicted octanol–water partition coefficient (Wildman–Crippen LogP) is 2.21. The van der Waals surface area contributed by atoms with Crippen LogP contribution in [0.25, 0.3) is 0 Å². The zero-order valence-electron chi connectivity index (χ0n) is 13.6. The highest BCUT2D eigenvalue weighted by molar-refractivity contribution is 9.12. The van der Waals surface area contributed by atoms with Crippen molar-refractivity contribution in [3.05, 3.63) is 34.0 Å². The molecule has 0 aliphatic heterocycles. The van der Waals surface area contributed by atoms with Gasteiger partial charge in [-0.25, -0.2) is 9.59 Å². The van der Waals surface area contributed by atoms with Crippen LogP contribution < -0.4 is 5.32 Å². The van der Waals surface area contributed by atoms with E-state index in [0.29, 0.717) is 6.54 Å². The van der Waals surface area contributed by atoms with Crippen LogP contribution in [-0.4, -0.2) is 44.9 Å². The number of carbonyl (C=O) groups excluding carboxylic acids is 2. The zero-order chi connectivity index (χ0) is 17.2. The minimum atomic E-state index is -0.681. The van der Waals surface area contributed by atoms with Crippen LogP contribution >= 0.6 is 15.9 Å². The fourth-order valence-corrected chi connectivity index (χ4v) is 2.50. The minimum Gasteiger partial charge on any atom is -0.462 e. The topological polar surface area (TPSA) is 73.9 Å². The molecule has 128 valence electrons. The lowest BCUT2D eigenvalue weighted by atomic mass is 10.1. The lowest BCUT2D eigenvalue weighted by Crippen LogP contribution is -2.22. The van der Waals surface area contributed by atoms with Crippen molar-refractivity contribution in [3.8, 4) is 0 Å². The third-order valence-corrected chi connectivity index (χ3v) is 3.73. The van der Waals surface area contributed by atoms with E-state index in [1.165, 1.54) is 6.08 Å². The Kier molecular flexibility index (Phi) is 8.65. The molecule has 0 bridgehead atoms. The van der Waals surface area contributed by atoms with Gasteiger partial charge in [0.25, 0.3) is 0 Å². The van der Waals surface area contributed by atoms with Gasteiger partial charge in [-0.2, -0.15) is 0 Å². The number of ether oxygens (including phenoxy) is 3. The third kappa shape index (κ3) is 6.19. The second-order valence-corrected chi connectivity index (χ2v) is 5.44. The molecule has 0 amide bonds. The first-order chi connectivity index (χ1) is 11.0. The normalized spacial score (nSPS) is 16.8. The third-order valence-electron chi connectivity index (χ3n) is 3.04. The number of halogens is 1. The van der Waals surface area contributed by atoms with Crippen LogP contribution in [0.3, 0.4) is 0 Å². The monoisotopic (exact) mass is 387 g/mol. The number of methoxy groups -OCH3 is 1. The second kappa shape index (κ2) is 10.2. The highest BCUT2D eigenvalue weighted by Crippen LogP contribution is 2.23. The van der Waals surface area contributed by atoms with Crippen molar-refractivity contribution in [2.45, 2.75) is 26.4 Å². The molecule has 0 spiro atoms. The average molecular weight is 388 g/mol. The van der Waals surface area contributed by atoms with E-state index in [1.54, 1.807) is 21.0 Å². The Labute approximate surface area is 144 Å². The van der Waals surface area contributed by atoms with E-state index in [4.69, 9.17) is 14.2 Å². The molecule has 0 aromatic carbocycles. The summed E-state index contributed by atoms with van der Waals surface area (Å²) in [5.74, 6) is -1.36. The van der Waals surface area contributed by atoms with Gasteiger partial charge < -0.3 is 19.5 Å². The van der Waals surface area contributed by atoms with Crippen molar-refractivity contribution >= 4 is 27.9 Å². The molecule has 6 nitrogen and oxygen atoms in total. The summed E-state index contributed by atoms with van der Waals surface area (Å²) in [6, 6.07) is 0. The van der Waals surface area contributed by atoms with Crippen molar-refractivity contribution in [2.24, 2.45) is 0 Å². The SMILES string of the molecule is CCOC(=O)C(=CCNC1=CCC(OC)C=C1Br)C(=O)OCC. The van der Waals surface area contributed by atoms with Crippen LogP contribution in [0.1, 0.15) is 20.3 Å². The molecule has 0 heterocycles. The van der Waals surface area contributed by atoms with Gasteiger partial charge in [0.05, 0.1) is 19.3 Å². The number of esters is 2. The molecule has 1 rings (SSSR count). The van der Waals surface area contributed by atoms with Crippen molar-refractivity contribution in [1.82, 2.24) is 5.32 Å². The molecule has 1 atom stereocenters. The van der Waals surface area contributed by atoms with E-state index in [2.05, 4.69) is 21.2 Å². The maximum Gasteiger partial charge on any atom is 0.345 e. The molecule has 0 radical (unpaired) electrons. The van der Waals surface area contributed by atoms with Crippen LogP contribution in [0.4, 0.5) is 0 Å². The predicted molar refractivity (Wildman–Crippen MR) is 89.9 cm³/mol. The molecule has 1 aliphatic rings. The number of hydrogen-bond acceptors (Lipinski definition) is 6. The van der Waals surface area contributed by atoms with Crippen LogP contribution in [0.5, 0.6) is 0 Å². The van der Waals surface area contributed by atoms with E-state index in [0.717, 1.165) is 16.6 Å². The van der Waals surface area contributed by atoms with Crippen molar-refractivity contribution in [2.75, 3.05) is 26.9 Å². The van der Waals surface area contributed by atoms with E-state index < -0.39 is 11.9 Å². The first-order valence-corrected chi connectivity index (χ1v) is 8.21.